The first-order chi connectivity index (χ1) is 12.7. The highest BCUT2D eigenvalue weighted by atomic mass is 32.2. The first-order valence-electron chi connectivity index (χ1n) is 8.41. The molecule has 0 amide bonds. The molecule has 1 saturated heterocycles. The van der Waals surface area contributed by atoms with E-state index in [0.717, 1.165) is 15.4 Å². The molecule has 2 heterocycles. The molecule has 0 spiro atoms. The number of sulfonamides is 1. The quantitative estimate of drug-likeness (QED) is 0.740. The van der Waals surface area contributed by atoms with E-state index in [-0.39, 0.29) is 30.4 Å². The number of carbonyl (C=O) groups is 1. The summed E-state index contributed by atoms with van der Waals surface area (Å²) in [4.78, 5) is 16.4. The molecule has 0 aliphatic carbocycles. The molecule has 10 heteroatoms. The van der Waals surface area contributed by atoms with Crippen molar-refractivity contribution < 1.29 is 27.6 Å². The molecule has 27 heavy (non-hydrogen) atoms. The monoisotopic (exact) mass is 395 g/mol. The van der Waals surface area contributed by atoms with Crippen LogP contribution in [0.25, 0.3) is 0 Å². The summed E-state index contributed by atoms with van der Waals surface area (Å²) in [6, 6.07) is 3.64. The fraction of sp³-hybridized carbons (Fsp3) is 0.471. The van der Waals surface area contributed by atoms with Crippen molar-refractivity contribution in [1.82, 2.24) is 14.4 Å². The number of ether oxygens (including phenoxy) is 1. The van der Waals surface area contributed by atoms with Gasteiger partial charge < -0.3 is 14.4 Å². The molecular formula is C17H21N3O6S. The first-order valence-corrected chi connectivity index (χ1v) is 9.85. The summed E-state index contributed by atoms with van der Waals surface area (Å²) in [6.45, 7) is 4.88. The maximum Gasteiger partial charge on any atom is 0.325 e. The number of aliphatic hydroxyl groups is 1. The number of rotatable bonds is 5. The van der Waals surface area contributed by atoms with Gasteiger partial charge in [-0.05, 0) is 44.0 Å². The number of aryl methyl sites for hydroxylation is 3. The summed E-state index contributed by atoms with van der Waals surface area (Å²) in [7, 11) is -3.96. The van der Waals surface area contributed by atoms with Gasteiger partial charge in [0, 0.05) is 13.0 Å². The third-order valence-corrected chi connectivity index (χ3v) is 6.37. The smallest absolute Gasteiger partial charge is 0.325 e. The average molecular weight is 395 g/mol. The van der Waals surface area contributed by atoms with Gasteiger partial charge in [-0.3, -0.25) is 4.79 Å². The Morgan fingerprint density at radius 1 is 1.33 bits per heavy atom. The van der Waals surface area contributed by atoms with Gasteiger partial charge >= 0.3 is 5.97 Å². The highest BCUT2D eigenvalue weighted by Gasteiger charge is 2.44. The maximum atomic E-state index is 13.0. The van der Waals surface area contributed by atoms with E-state index in [9.17, 15) is 18.3 Å². The number of aliphatic hydroxyl groups excluding tert-OH is 1. The van der Waals surface area contributed by atoms with Crippen molar-refractivity contribution in [3.05, 3.63) is 41.0 Å². The lowest BCUT2D eigenvalue weighted by Gasteiger charge is -2.22. The normalized spacial score (nSPS) is 20.7. The molecule has 1 unspecified atom stereocenters. The number of aromatic nitrogens is 2. The Kier molecular flexibility index (Phi) is 5.31. The number of carbonyl (C=O) groups excluding carboxylic acids is 1. The summed E-state index contributed by atoms with van der Waals surface area (Å²) in [5.41, 5.74) is 1.78. The minimum atomic E-state index is -3.96. The van der Waals surface area contributed by atoms with E-state index in [0.29, 0.717) is 5.82 Å². The van der Waals surface area contributed by atoms with Crippen molar-refractivity contribution in [3.63, 3.8) is 0 Å². The van der Waals surface area contributed by atoms with Gasteiger partial charge in [0.25, 0.3) is 5.89 Å². The van der Waals surface area contributed by atoms with E-state index in [1.54, 1.807) is 19.1 Å². The van der Waals surface area contributed by atoms with Crippen LogP contribution in [0.3, 0.4) is 0 Å². The van der Waals surface area contributed by atoms with E-state index in [1.165, 1.54) is 6.07 Å². The van der Waals surface area contributed by atoms with Gasteiger partial charge in [0.1, 0.15) is 6.04 Å². The SMILES string of the molecule is Cc1noc(COC(=O)[C@@H]2CC(O)CN2S(=O)(=O)c2ccc(C)c(C)c2)n1. The van der Waals surface area contributed by atoms with E-state index in [1.807, 2.05) is 13.8 Å². The Hall–Kier alpha value is -2.30. The molecule has 0 radical (unpaired) electrons. The second-order valence-corrected chi connectivity index (χ2v) is 8.46. The Morgan fingerprint density at radius 3 is 2.70 bits per heavy atom. The van der Waals surface area contributed by atoms with Gasteiger partial charge in [-0.1, -0.05) is 11.2 Å². The second-order valence-electron chi connectivity index (χ2n) is 6.57. The maximum absolute atomic E-state index is 13.0. The van der Waals surface area contributed by atoms with Crippen molar-refractivity contribution in [2.45, 2.75) is 50.8 Å². The van der Waals surface area contributed by atoms with Crippen molar-refractivity contribution in [3.8, 4) is 0 Å². The summed E-state index contributed by atoms with van der Waals surface area (Å²) in [5.74, 6) is -0.256. The fourth-order valence-corrected chi connectivity index (χ4v) is 4.61. The molecule has 1 aromatic carbocycles. The summed E-state index contributed by atoms with van der Waals surface area (Å²) in [6.07, 6.45) is -0.985. The molecule has 2 aromatic rings. The molecule has 3 rings (SSSR count). The van der Waals surface area contributed by atoms with Crippen molar-refractivity contribution in [2.75, 3.05) is 6.54 Å². The number of nitrogens with zero attached hydrogens (tertiary/aromatic N) is 3. The van der Waals surface area contributed by atoms with Gasteiger partial charge in [-0.2, -0.15) is 9.29 Å². The topological polar surface area (TPSA) is 123 Å². The van der Waals surface area contributed by atoms with Crippen molar-refractivity contribution in [2.24, 2.45) is 0 Å². The molecular weight excluding hydrogens is 374 g/mol. The Bertz CT molecular complexity index is 955. The third-order valence-electron chi connectivity index (χ3n) is 4.50. The van der Waals surface area contributed by atoms with E-state index in [2.05, 4.69) is 10.1 Å². The van der Waals surface area contributed by atoms with E-state index in [4.69, 9.17) is 9.26 Å². The van der Waals surface area contributed by atoms with Gasteiger partial charge in [-0.25, -0.2) is 8.42 Å². The predicted molar refractivity (Wildman–Crippen MR) is 93.1 cm³/mol. The number of benzene rings is 1. The fourth-order valence-electron chi connectivity index (χ4n) is 2.90. The highest BCUT2D eigenvalue weighted by molar-refractivity contribution is 7.89. The van der Waals surface area contributed by atoms with Crippen LogP contribution in [0.2, 0.25) is 0 Å². The minimum Gasteiger partial charge on any atom is -0.454 e. The van der Waals surface area contributed by atoms with Crippen LogP contribution in [0.15, 0.2) is 27.6 Å². The predicted octanol–water partition coefficient (Wildman–Crippen LogP) is 0.862. The third kappa shape index (κ3) is 4.02. The summed E-state index contributed by atoms with van der Waals surface area (Å²) < 4.78 is 37.0. The molecule has 146 valence electrons. The molecule has 9 nitrogen and oxygen atoms in total. The Labute approximate surface area is 157 Å². The number of hydrogen-bond acceptors (Lipinski definition) is 8. The summed E-state index contributed by atoms with van der Waals surface area (Å²) >= 11 is 0. The minimum absolute atomic E-state index is 0.0359. The second kappa shape index (κ2) is 7.37. The molecule has 0 bridgehead atoms. The van der Waals surface area contributed by atoms with Gasteiger partial charge in [0.2, 0.25) is 10.0 Å². The van der Waals surface area contributed by atoms with Crippen molar-refractivity contribution >= 4 is 16.0 Å². The lowest BCUT2D eigenvalue weighted by atomic mass is 10.1. The summed E-state index contributed by atoms with van der Waals surface area (Å²) in [5, 5.41) is 13.6. The first kappa shape index (κ1) is 19.5. The van der Waals surface area contributed by atoms with Crippen molar-refractivity contribution in [1.29, 1.82) is 0 Å². The molecule has 0 saturated carbocycles. The van der Waals surface area contributed by atoms with Crippen LogP contribution in [0.5, 0.6) is 0 Å². The Balaban J connectivity index is 1.80. The van der Waals surface area contributed by atoms with Gasteiger partial charge in [-0.15, -0.1) is 0 Å². The zero-order chi connectivity index (χ0) is 19.8. The number of hydrogen-bond donors (Lipinski definition) is 1. The van der Waals surface area contributed by atoms with Crippen LogP contribution < -0.4 is 0 Å². The average Bonchev–Trinajstić information content (AvgIpc) is 3.21. The van der Waals surface area contributed by atoms with Crippen LogP contribution in [-0.4, -0.2) is 52.6 Å². The Morgan fingerprint density at radius 2 is 2.07 bits per heavy atom. The lowest BCUT2D eigenvalue weighted by molar-refractivity contribution is -0.149. The van der Waals surface area contributed by atoms with Gasteiger partial charge in [0.15, 0.2) is 12.4 Å². The van der Waals surface area contributed by atoms with Gasteiger partial charge in [0.05, 0.1) is 11.0 Å². The van der Waals surface area contributed by atoms with E-state index < -0.39 is 28.1 Å². The molecule has 2 atom stereocenters. The highest BCUT2D eigenvalue weighted by Crippen LogP contribution is 2.28. The lowest BCUT2D eigenvalue weighted by Crippen LogP contribution is -2.41. The number of β-amino-alcohol motifs (C(OH)–C–C–N with tert-alkyl or cyclic N) is 1. The van der Waals surface area contributed by atoms with Crippen LogP contribution in [0, 0.1) is 20.8 Å². The molecule has 1 aliphatic rings. The number of esters is 1. The largest absolute Gasteiger partial charge is 0.454 e. The van der Waals surface area contributed by atoms with Crippen LogP contribution >= 0.6 is 0 Å². The van der Waals surface area contributed by atoms with Crippen LogP contribution in [0.1, 0.15) is 29.3 Å². The van der Waals surface area contributed by atoms with Crippen LogP contribution in [0.4, 0.5) is 0 Å². The van der Waals surface area contributed by atoms with E-state index >= 15 is 0 Å². The molecule has 1 aliphatic heterocycles. The molecule has 1 aromatic heterocycles. The van der Waals surface area contributed by atoms with Crippen LogP contribution in [-0.2, 0) is 26.2 Å². The standard InChI is InChI=1S/C17H21N3O6S/c1-10-4-5-14(6-11(10)2)27(23,24)20-8-13(21)7-15(20)17(22)25-9-16-18-12(3)19-26-16/h4-6,13,15,21H,7-9H2,1-3H3/t13?,15-/m0/s1. The zero-order valence-electron chi connectivity index (χ0n) is 15.2. The molecule has 1 N–H and O–H groups in total. The molecule has 1 fully saturated rings. The zero-order valence-corrected chi connectivity index (χ0v) is 16.1.